The van der Waals surface area contributed by atoms with E-state index >= 15 is 0 Å². The van der Waals surface area contributed by atoms with Crippen molar-refractivity contribution in [3.05, 3.63) is 35.9 Å². The molecule has 1 aromatic heterocycles. The van der Waals surface area contributed by atoms with Crippen LogP contribution in [0, 0.1) is 6.92 Å². The van der Waals surface area contributed by atoms with Crippen molar-refractivity contribution < 1.29 is 0 Å². The monoisotopic (exact) mass is 381 g/mol. The van der Waals surface area contributed by atoms with Crippen LogP contribution < -0.4 is 15.1 Å². The highest BCUT2D eigenvalue weighted by molar-refractivity contribution is 5.62. The minimum Gasteiger partial charge on any atom is -0.363 e. The van der Waals surface area contributed by atoms with E-state index in [4.69, 9.17) is 9.97 Å². The number of aryl methyl sites for hydroxylation is 1. The Labute approximate surface area is 170 Å². The van der Waals surface area contributed by atoms with Crippen LogP contribution >= 0.6 is 0 Å². The molecule has 0 amide bonds. The highest BCUT2D eigenvalue weighted by Crippen LogP contribution is 2.29. The summed E-state index contributed by atoms with van der Waals surface area (Å²) in [4.78, 5) is 14.4. The summed E-state index contributed by atoms with van der Waals surface area (Å²) in [7, 11) is 4.08. The second-order valence-corrected chi connectivity index (χ2v) is 8.14. The molecule has 152 valence electrons. The van der Waals surface area contributed by atoms with Gasteiger partial charge in [-0.15, -0.1) is 0 Å². The molecule has 5 nitrogen and oxygen atoms in total. The zero-order valence-corrected chi connectivity index (χ0v) is 17.9. The van der Waals surface area contributed by atoms with Crippen LogP contribution in [0.25, 0.3) is 0 Å². The van der Waals surface area contributed by atoms with Crippen molar-refractivity contribution >= 4 is 23.3 Å². The lowest BCUT2D eigenvalue weighted by Crippen LogP contribution is -2.39. The van der Waals surface area contributed by atoms with Crippen LogP contribution in [0.3, 0.4) is 0 Å². The maximum absolute atomic E-state index is 4.94. The number of rotatable bonds is 8. The molecule has 1 saturated carbocycles. The van der Waals surface area contributed by atoms with Crippen LogP contribution in [0.1, 0.15) is 57.4 Å². The van der Waals surface area contributed by atoms with Crippen molar-refractivity contribution in [2.45, 2.75) is 64.8 Å². The van der Waals surface area contributed by atoms with Gasteiger partial charge in [0.15, 0.2) is 0 Å². The quantitative estimate of drug-likeness (QED) is 0.651. The van der Waals surface area contributed by atoms with Gasteiger partial charge in [0.1, 0.15) is 11.6 Å². The predicted octanol–water partition coefficient (Wildman–Crippen LogP) is 5.53. The Hall–Kier alpha value is -2.30. The minimum atomic E-state index is 0.560. The standard InChI is InChI=1S/C23H35N5/c1-5-6-16-28(20-10-8-7-9-11-20)23-25-21(17-22(26-23)27(3)4)24-19-14-12-18(2)13-15-19/h12-15,17,20H,5-11,16H2,1-4H3,(H,24,25,26). The topological polar surface area (TPSA) is 44.3 Å². The Morgan fingerprint density at radius 3 is 2.39 bits per heavy atom. The smallest absolute Gasteiger partial charge is 0.229 e. The van der Waals surface area contributed by atoms with E-state index in [9.17, 15) is 0 Å². The van der Waals surface area contributed by atoms with Gasteiger partial charge in [-0.25, -0.2) is 0 Å². The first-order valence-corrected chi connectivity index (χ1v) is 10.7. The Bertz CT molecular complexity index is 735. The molecular formula is C23H35N5. The second kappa shape index (κ2) is 9.76. The third-order valence-corrected chi connectivity index (χ3v) is 5.51. The molecule has 0 spiro atoms. The van der Waals surface area contributed by atoms with Crippen LogP contribution in [0.2, 0.25) is 0 Å². The van der Waals surface area contributed by atoms with Gasteiger partial charge in [-0.1, -0.05) is 50.3 Å². The van der Waals surface area contributed by atoms with Crippen molar-refractivity contribution in [3.8, 4) is 0 Å². The Balaban J connectivity index is 1.91. The van der Waals surface area contributed by atoms with Gasteiger partial charge in [-0.3, -0.25) is 0 Å². The summed E-state index contributed by atoms with van der Waals surface area (Å²) in [6.07, 6.45) is 8.85. The molecule has 3 rings (SSSR count). The molecule has 1 aliphatic rings. The van der Waals surface area contributed by atoms with Gasteiger partial charge >= 0.3 is 0 Å². The van der Waals surface area contributed by atoms with Gasteiger partial charge in [-0.2, -0.15) is 9.97 Å². The van der Waals surface area contributed by atoms with E-state index in [-0.39, 0.29) is 0 Å². The van der Waals surface area contributed by atoms with Crippen molar-refractivity contribution in [3.63, 3.8) is 0 Å². The van der Waals surface area contributed by atoms with Crippen LogP contribution in [-0.2, 0) is 0 Å². The number of nitrogens with one attached hydrogen (secondary N) is 1. The first kappa shape index (κ1) is 20.4. The fourth-order valence-electron chi connectivity index (χ4n) is 3.80. The third kappa shape index (κ3) is 5.37. The molecule has 5 heteroatoms. The molecule has 1 aliphatic carbocycles. The number of unbranched alkanes of at least 4 members (excludes halogenated alkanes) is 1. The van der Waals surface area contributed by atoms with E-state index in [1.165, 1.54) is 50.5 Å². The maximum Gasteiger partial charge on any atom is 0.229 e. The molecule has 1 aromatic carbocycles. The molecule has 0 aliphatic heterocycles. The molecule has 1 fully saturated rings. The highest BCUT2D eigenvalue weighted by Gasteiger charge is 2.24. The number of anilines is 4. The number of nitrogens with zero attached hydrogens (tertiary/aromatic N) is 4. The third-order valence-electron chi connectivity index (χ3n) is 5.51. The van der Waals surface area contributed by atoms with E-state index in [0.717, 1.165) is 29.8 Å². The van der Waals surface area contributed by atoms with Gasteiger partial charge in [0, 0.05) is 38.4 Å². The summed E-state index contributed by atoms with van der Waals surface area (Å²) in [5.41, 5.74) is 2.31. The lowest BCUT2D eigenvalue weighted by molar-refractivity contribution is 0.408. The summed E-state index contributed by atoms with van der Waals surface area (Å²) in [6, 6.07) is 11.0. The summed E-state index contributed by atoms with van der Waals surface area (Å²) in [6.45, 7) is 5.38. The maximum atomic E-state index is 4.94. The Kier molecular flexibility index (Phi) is 7.12. The summed E-state index contributed by atoms with van der Waals surface area (Å²) in [5.74, 6) is 2.66. The van der Waals surface area contributed by atoms with Crippen molar-refractivity contribution in [2.75, 3.05) is 35.8 Å². The van der Waals surface area contributed by atoms with Crippen molar-refractivity contribution in [1.82, 2.24) is 9.97 Å². The summed E-state index contributed by atoms with van der Waals surface area (Å²) >= 11 is 0. The van der Waals surface area contributed by atoms with E-state index in [0.29, 0.717) is 6.04 Å². The number of hydrogen-bond donors (Lipinski definition) is 1. The first-order valence-electron chi connectivity index (χ1n) is 10.7. The molecule has 28 heavy (non-hydrogen) atoms. The number of benzene rings is 1. The first-order chi connectivity index (χ1) is 13.6. The molecule has 0 unspecified atom stereocenters. The second-order valence-electron chi connectivity index (χ2n) is 8.14. The number of hydrogen-bond acceptors (Lipinski definition) is 5. The zero-order valence-electron chi connectivity index (χ0n) is 17.9. The lowest BCUT2D eigenvalue weighted by Gasteiger charge is -2.35. The fraction of sp³-hybridized carbons (Fsp3) is 0.565. The molecule has 0 bridgehead atoms. The summed E-state index contributed by atoms with van der Waals surface area (Å²) in [5, 5.41) is 3.48. The van der Waals surface area contributed by atoms with E-state index in [1.807, 2.05) is 20.2 Å². The van der Waals surface area contributed by atoms with Crippen LogP contribution in [0.5, 0.6) is 0 Å². The van der Waals surface area contributed by atoms with Crippen molar-refractivity contribution in [2.24, 2.45) is 0 Å². The SMILES string of the molecule is CCCCN(c1nc(Nc2ccc(C)cc2)cc(N(C)C)n1)C1CCCCC1. The van der Waals surface area contributed by atoms with Crippen LogP contribution in [0.15, 0.2) is 30.3 Å². The molecule has 0 saturated heterocycles. The number of aromatic nitrogens is 2. The van der Waals surface area contributed by atoms with E-state index in [1.54, 1.807) is 0 Å². The zero-order chi connectivity index (χ0) is 19.9. The van der Waals surface area contributed by atoms with E-state index < -0.39 is 0 Å². The van der Waals surface area contributed by atoms with Gasteiger partial charge < -0.3 is 15.1 Å². The predicted molar refractivity (Wildman–Crippen MR) is 120 cm³/mol. The largest absolute Gasteiger partial charge is 0.363 e. The molecule has 0 radical (unpaired) electrons. The molecule has 1 N–H and O–H groups in total. The van der Waals surface area contributed by atoms with Gasteiger partial charge in [-0.05, 0) is 38.3 Å². The molecule has 1 heterocycles. The minimum absolute atomic E-state index is 0.560. The average molecular weight is 382 g/mol. The summed E-state index contributed by atoms with van der Waals surface area (Å²) < 4.78 is 0. The average Bonchev–Trinajstić information content (AvgIpc) is 2.71. The van der Waals surface area contributed by atoms with Gasteiger partial charge in [0.2, 0.25) is 5.95 Å². The normalized spacial score (nSPS) is 14.7. The Morgan fingerprint density at radius 1 is 1.04 bits per heavy atom. The van der Waals surface area contributed by atoms with Crippen LogP contribution in [-0.4, -0.2) is 36.6 Å². The van der Waals surface area contributed by atoms with E-state index in [2.05, 4.69) is 53.2 Å². The van der Waals surface area contributed by atoms with Gasteiger partial charge in [0.25, 0.3) is 0 Å². The lowest BCUT2D eigenvalue weighted by atomic mass is 9.94. The molecule has 2 aromatic rings. The Morgan fingerprint density at radius 2 is 1.75 bits per heavy atom. The van der Waals surface area contributed by atoms with Crippen molar-refractivity contribution in [1.29, 1.82) is 0 Å². The highest BCUT2D eigenvalue weighted by atomic mass is 15.3. The van der Waals surface area contributed by atoms with Gasteiger partial charge in [0.05, 0.1) is 0 Å². The molecule has 0 atom stereocenters. The molecular weight excluding hydrogens is 346 g/mol. The van der Waals surface area contributed by atoms with Crippen LogP contribution in [0.4, 0.5) is 23.3 Å². The fourth-order valence-corrected chi connectivity index (χ4v) is 3.80.